The van der Waals surface area contributed by atoms with Gasteiger partial charge >= 0.3 is 0 Å². The van der Waals surface area contributed by atoms with E-state index >= 15 is 0 Å². The number of aromatic nitrogens is 1. The van der Waals surface area contributed by atoms with Gasteiger partial charge in [-0.2, -0.15) is 0 Å². The van der Waals surface area contributed by atoms with Crippen molar-refractivity contribution in [3.05, 3.63) is 51.7 Å². The quantitative estimate of drug-likeness (QED) is 0.765. The summed E-state index contributed by atoms with van der Waals surface area (Å²) in [5, 5.41) is 12.8. The van der Waals surface area contributed by atoms with E-state index in [-0.39, 0.29) is 36.6 Å². The Bertz CT molecular complexity index is 679. The smallest absolute Gasteiger partial charge is 0.273 e. The molecule has 0 bridgehead atoms. The van der Waals surface area contributed by atoms with Gasteiger partial charge in [-0.25, -0.2) is 9.37 Å². The molecule has 1 unspecified atom stereocenters. The lowest BCUT2D eigenvalue weighted by atomic mass is 10.1. The van der Waals surface area contributed by atoms with Crippen molar-refractivity contribution >= 4 is 29.7 Å². The predicted octanol–water partition coefficient (Wildman–Crippen LogP) is 2.99. The van der Waals surface area contributed by atoms with Crippen molar-refractivity contribution in [1.29, 1.82) is 0 Å². The summed E-state index contributed by atoms with van der Waals surface area (Å²) < 4.78 is 13.0. The highest BCUT2D eigenvalue weighted by atomic mass is 35.5. The Morgan fingerprint density at radius 2 is 1.96 bits per heavy atom. The number of aliphatic hydroxyl groups excluding tert-OH is 1. The van der Waals surface area contributed by atoms with Crippen molar-refractivity contribution in [2.45, 2.75) is 26.5 Å². The molecule has 1 atom stereocenters. The third-order valence-corrected chi connectivity index (χ3v) is 4.34. The minimum absolute atomic E-state index is 0. The van der Waals surface area contributed by atoms with Gasteiger partial charge in [0, 0.05) is 18.5 Å². The van der Waals surface area contributed by atoms with Crippen LogP contribution < -0.4 is 5.73 Å². The second kappa shape index (κ2) is 9.82. The van der Waals surface area contributed by atoms with Crippen LogP contribution in [-0.2, 0) is 6.54 Å². The van der Waals surface area contributed by atoms with E-state index in [2.05, 4.69) is 4.98 Å². The molecule has 0 saturated heterocycles. The SMILES string of the molecule is CC(C)CN(CC(O)c1ccc(F)cc1)C(=O)c1csc(CN)n1.Cl. The first-order valence-corrected chi connectivity index (χ1v) is 8.66. The van der Waals surface area contributed by atoms with Crippen LogP contribution in [0.15, 0.2) is 29.6 Å². The van der Waals surface area contributed by atoms with Crippen LogP contribution >= 0.6 is 23.7 Å². The van der Waals surface area contributed by atoms with E-state index in [1.165, 1.54) is 35.6 Å². The fraction of sp³-hybridized carbons (Fsp3) is 0.412. The van der Waals surface area contributed by atoms with Crippen LogP contribution in [0.25, 0.3) is 0 Å². The summed E-state index contributed by atoms with van der Waals surface area (Å²) in [6, 6.07) is 5.63. The number of hydrogen-bond donors (Lipinski definition) is 2. The van der Waals surface area contributed by atoms with Crippen molar-refractivity contribution in [3.8, 4) is 0 Å². The van der Waals surface area contributed by atoms with Crippen LogP contribution in [0.5, 0.6) is 0 Å². The molecule has 8 heteroatoms. The van der Waals surface area contributed by atoms with E-state index in [1.807, 2.05) is 13.8 Å². The van der Waals surface area contributed by atoms with E-state index in [4.69, 9.17) is 5.73 Å². The highest BCUT2D eigenvalue weighted by Crippen LogP contribution is 2.18. The molecule has 1 heterocycles. The van der Waals surface area contributed by atoms with E-state index in [1.54, 1.807) is 10.3 Å². The molecule has 0 fully saturated rings. The zero-order chi connectivity index (χ0) is 17.7. The molecule has 0 spiro atoms. The number of hydrogen-bond acceptors (Lipinski definition) is 5. The van der Waals surface area contributed by atoms with Gasteiger partial charge in [-0.1, -0.05) is 26.0 Å². The van der Waals surface area contributed by atoms with Crippen LogP contribution in [0.4, 0.5) is 4.39 Å². The number of benzene rings is 1. The number of aliphatic hydroxyl groups is 1. The monoisotopic (exact) mass is 387 g/mol. The second-order valence-corrected chi connectivity index (χ2v) is 6.94. The molecular formula is C17H23ClFN3O2S. The van der Waals surface area contributed by atoms with Crippen LogP contribution in [0.1, 0.15) is 41.0 Å². The lowest BCUT2D eigenvalue weighted by Gasteiger charge is -2.26. The number of carbonyl (C=O) groups excluding carboxylic acids is 1. The summed E-state index contributed by atoms with van der Waals surface area (Å²) in [5.74, 6) is -0.361. The number of amides is 1. The number of carbonyl (C=O) groups is 1. The average molecular weight is 388 g/mol. The molecule has 1 amide bonds. The van der Waals surface area contributed by atoms with E-state index < -0.39 is 6.10 Å². The number of nitrogens with zero attached hydrogens (tertiary/aromatic N) is 2. The minimum atomic E-state index is -0.888. The topological polar surface area (TPSA) is 79.5 Å². The van der Waals surface area contributed by atoms with Gasteiger partial charge in [-0.15, -0.1) is 23.7 Å². The molecule has 0 saturated carbocycles. The van der Waals surface area contributed by atoms with Gasteiger partial charge in [0.05, 0.1) is 12.6 Å². The molecule has 0 aliphatic carbocycles. The van der Waals surface area contributed by atoms with Crippen molar-refractivity contribution < 1.29 is 14.3 Å². The highest BCUT2D eigenvalue weighted by molar-refractivity contribution is 7.09. The largest absolute Gasteiger partial charge is 0.387 e. The lowest BCUT2D eigenvalue weighted by Crippen LogP contribution is -2.37. The molecule has 1 aromatic heterocycles. The standard InChI is InChI=1S/C17H22FN3O2S.ClH/c1-11(2)8-21(17(23)14-10-24-16(7-19)20-14)9-15(22)12-3-5-13(18)6-4-12;/h3-6,10-11,15,22H,7-9,19H2,1-2H3;1H. The van der Waals surface area contributed by atoms with Crippen molar-refractivity contribution in [2.75, 3.05) is 13.1 Å². The minimum Gasteiger partial charge on any atom is -0.387 e. The van der Waals surface area contributed by atoms with Crippen LogP contribution in [0.3, 0.4) is 0 Å². The van der Waals surface area contributed by atoms with Gasteiger partial charge in [-0.3, -0.25) is 4.79 Å². The van der Waals surface area contributed by atoms with Gasteiger partial charge in [0.2, 0.25) is 0 Å². The average Bonchev–Trinajstić information content (AvgIpc) is 3.02. The Balaban J connectivity index is 0.00000312. The fourth-order valence-electron chi connectivity index (χ4n) is 2.35. The normalized spacial score (nSPS) is 11.9. The second-order valence-electron chi connectivity index (χ2n) is 6.00. The van der Waals surface area contributed by atoms with Gasteiger partial charge in [0.25, 0.3) is 5.91 Å². The van der Waals surface area contributed by atoms with Gasteiger partial charge in [0.1, 0.15) is 16.5 Å². The molecule has 0 aliphatic heterocycles. The first-order chi connectivity index (χ1) is 11.4. The third kappa shape index (κ3) is 6.04. The van der Waals surface area contributed by atoms with Crippen molar-refractivity contribution in [3.63, 3.8) is 0 Å². The maximum atomic E-state index is 13.0. The number of halogens is 2. The molecule has 138 valence electrons. The lowest BCUT2D eigenvalue weighted by molar-refractivity contribution is 0.0589. The molecule has 0 aliphatic rings. The summed E-state index contributed by atoms with van der Waals surface area (Å²) in [6.07, 6.45) is -0.888. The molecule has 2 aromatic rings. The summed E-state index contributed by atoms with van der Waals surface area (Å²) in [6.45, 7) is 4.90. The first kappa shape index (κ1) is 21.5. The molecule has 1 aromatic carbocycles. The van der Waals surface area contributed by atoms with Gasteiger partial charge in [-0.05, 0) is 23.6 Å². The van der Waals surface area contributed by atoms with Crippen LogP contribution in [0, 0.1) is 11.7 Å². The zero-order valence-electron chi connectivity index (χ0n) is 14.2. The Morgan fingerprint density at radius 3 is 2.48 bits per heavy atom. The first-order valence-electron chi connectivity index (χ1n) is 7.78. The summed E-state index contributed by atoms with van der Waals surface area (Å²) >= 11 is 1.34. The maximum Gasteiger partial charge on any atom is 0.273 e. The van der Waals surface area contributed by atoms with Gasteiger partial charge in [0.15, 0.2) is 0 Å². The molecule has 0 radical (unpaired) electrons. The summed E-state index contributed by atoms with van der Waals surface area (Å²) in [4.78, 5) is 18.5. The number of rotatable bonds is 7. The Labute approximate surface area is 157 Å². The highest BCUT2D eigenvalue weighted by Gasteiger charge is 2.23. The zero-order valence-corrected chi connectivity index (χ0v) is 15.8. The molecule has 3 N–H and O–H groups in total. The van der Waals surface area contributed by atoms with E-state index in [0.29, 0.717) is 29.4 Å². The molecule has 2 rings (SSSR count). The molecule has 25 heavy (non-hydrogen) atoms. The predicted molar refractivity (Wildman–Crippen MR) is 99.4 cm³/mol. The fourth-order valence-corrected chi connectivity index (χ4v) is 2.99. The Morgan fingerprint density at radius 1 is 1.32 bits per heavy atom. The Hall–Kier alpha value is -1.54. The summed E-state index contributed by atoms with van der Waals surface area (Å²) in [5.41, 5.74) is 6.45. The molecule has 5 nitrogen and oxygen atoms in total. The third-order valence-electron chi connectivity index (χ3n) is 3.47. The van der Waals surface area contributed by atoms with E-state index in [0.717, 1.165) is 0 Å². The van der Waals surface area contributed by atoms with Crippen LogP contribution in [0.2, 0.25) is 0 Å². The maximum absolute atomic E-state index is 13.0. The van der Waals surface area contributed by atoms with Crippen molar-refractivity contribution in [2.24, 2.45) is 11.7 Å². The Kier molecular flexibility index (Phi) is 8.44. The van der Waals surface area contributed by atoms with E-state index in [9.17, 15) is 14.3 Å². The number of nitrogens with two attached hydrogens (primary N) is 1. The summed E-state index contributed by atoms with van der Waals surface area (Å²) in [7, 11) is 0. The van der Waals surface area contributed by atoms with Crippen molar-refractivity contribution in [1.82, 2.24) is 9.88 Å². The molecular weight excluding hydrogens is 365 g/mol. The van der Waals surface area contributed by atoms with Crippen LogP contribution in [-0.4, -0.2) is 34.0 Å². The van der Waals surface area contributed by atoms with Gasteiger partial charge < -0.3 is 15.7 Å². The number of thiazole rings is 1.